The Morgan fingerprint density at radius 2 is 1.90 bits per heavy atom. The van der Waals surface area contributed by atoms with Gasteiger partial charge in [0.1, 0.15) is 0 Å². The Balaban J connectivity index is 1.71. The van der Waals surface area contributed by atoms with E-state index in [0.717, 1.165) is 17.6 Å². The first-order valence-corrected chi connectivity index (χ1v) is 9.22. The summed E-state index contributed by atoms with van der Waals surface area (Å²) in [6.07, 6.45) is 0.356. The highest BCUT2D eigenvalue weighted by molar-refractivity contribution is 6.07. The molecule has 0 fully saturated rings. The first kappa shape index (κ1) is 19.8. The van der Waals surface area contributed by atoms with Gasteiger partial charge in [-0.1, -0.05) is 6.07 Å². The Labute approximate surface area is 172 Å². The van der Waals surface area contributed by atoms with E-state index in [1.165, 1.54) is 26.4 Å². The number of rotatable bonds is 6. The monoisotopic (exact) mass is 415 g/mol. The minimum atomic E-state index is -2.28. The van der Waals surface area contributed by atoms with Crippen LogP contribution in [0.4, 0.5) is 0 Å². The molecule has 2 aliphatic rings. The number of benzene rings is 2. The maximum absolute atomic E-state index is 13.3. The Kier molecular flexibility index (Phi) is 4.90. The number of ether oxygens (including phenoxy) is 5. The summed E-state index contributed by atoms with van der Waals surface area (Å²) in [5.41, 5.74) is -1.28. The number of nitrogens with zero attached hydrogens (tertiary/aromatic N) is 1. The van der Waals surface area contributed by atoms with E-state index in [1.54, 1.807) is 12.1 Å². The first-order chi connectivity index (χ1) is 14.4. The van der Waals surface area contributed by atoms with Gasteiger partial charge >= 0.3 is 5.97 Å². The number of hydrogen-bond donors (Lipinski definition) is 1. The number of fused-ring (bicyclic) bond motifs is 2. The predicted molar refractivity (Wildman–Crippen MR) is 103 cm³/mol. The first-order valence-electron chi connectivity index (χ1n) is 9.22. The molecule has 2 aromatic rings. The highest BCUT2D eigenvalue weighted by Crippen LogP contribution is 2.46. The van der Waals surface area contributed by atoms with Crippen LogP contribution >= 0.6 is 0 Å². The predicted octanol–water partition coefficient (Wildman–Crippen LogP) is 1.45. The van der Waals surface area contributed by atoms with Crippen LogP contribution in [0.15, 0.2) is 30.3 Å². The van der Waals surface area contributed by atoms with Crippen LogP contribution in [-0.2, 0) is 21.7 Å². The van der Waals surface area contributed by atoms with Gasteiger partial charge in [-0.05, 0) is 36.2 Å². The molecule has 0 saturated heterocycles. The van der Waals surface area contributed by atoms with Crippen LogP contribution in [0.25, 0.3) is 0 Å². The van der Waals surface area contributed by atoms with Crippen LogP contribution in [0.2, 0.25) is 0 Å². The van der Waals surface area contributed by atoms with Crippen molar-refractivity contribution in [3.05, 3.63) is 47.0 Å². The molecule has 9 nitrogen and oxygen atoms in total. The fourth-order valence-electron chi connectivity index (χ4n) is 3.82. The third kappa shape index (κ3) is 2.81. The highest BCUT2D eigenvalue weighted by atomic mass is 16.7. The number of hydrogen-bond acceptors (Lipinski definition) is 8. The second kappa shape index (κ2) is 7.42. The number of amides is 1. The number of aliphatic hydroxyl groups is 1. The van der Waals surface area contributed by atoms with Gasteiger partial charge in [0.15, 0.2) is 23.0 Å². The average Bonchev–Trinajstić information content (AvgIpc) is 3.32. The lowest BCUT2D eigenvalue weighted by molar-refractivity contribution is -0.181. The van der Waals surface area contributed by atoms with E-state index in [4.69, 9.17) is 23.7 Å². The van der Waals surface area contributed by atoms with Crippen molar-refractivity contribution in [2.45, 2.75) is 12.1 Å². The summed E-state index contributed by atoms with van der Waals surface area (Å²) in [6, 6.07) is 8.41. The van der Waals surface area contributed by atoms with Crippen LogP contribution in [0.1, 0.15) is 21.5 Å². The third-order valence-electron chi connectivity index (χ3n) is 5.30. The molecule has 1 N–H and O–H groups in total. The van der Waals surface area contributed by atoms with Crippen molar-refractivity contribution < 1.29 is 38.4 Å². The van der Waals surface area contributed by atoms with Crippen LogP contribution in [0.5, 0.6) is 23.0 Å². The van der Waals surface area contributed by atoms with Crippen LogP contribution < -0.4 is 18.9 Å². The van der Waals surface area contributed by atoms with Gasteiger partial charge in [0.2, 0.25) is 6.79 Å². The van der Waals surface area contributed by atoms with Gasteiger partial charge in [0, 0.05) is 12.1 Å². The van der Waals surface area contributed by atoms with E-state index in [2.05, 4.69) is 0 Å². The topological polar surface area (TPSA) is 104 Å². The van der Waals surface area contributed by atoms with Gasteiger partial charge in [0.05, 0.1) is 26.9 Å². The van der Waals surface area contributed by atoms with E-state index < -0.39 is 17.6 Å². The average molecular weight is 415 g/mol. The van der Waals surface area contributed by atoms with Crippen LogP contribution in [0, 0.1) is 0 Å². The summed E-state index contributed by atoms with van der Waals surface area (Å²) in [7, 11) is 3.98. The molecular weight excluding hydrogens is 394 g/mol. The molecule has 2 aliphatic heterocycles. The molecule has 0 aliphatic carbocycles. The summed E-state index contributed by atoms with van der Waals surface area (Å²) >= 11 is 0. The lowest BCUT2D eigenvalue weighted by atomic mass is 9.99. The van der Waals surface area contributed by atoms with E-state index in [9.17, 15) is 14.7 Å². The maximum atomic E-state index is 13.3. The van der Waals surface area contributed by atoms with Gasteiger partial charge in [-0.3, -0.25) is 9.69 Å². The van der Waals surface area contributed by atoms with Crippen molar-refractivity contribution in [2.24, 2.45) is 0 Å². The quantitative estimate of drug-likeness (QED) is 0.707. The number of esters is 1. The number of carbonyl (C=O) groups is 2. The van der Waals surface area contributed by atoms with E-state index >= 15 is 0 Å². The highest BCUT2D eigenvalue weighted by Gasteiger charge is 2.56. The molecule has 2 aromatic carbocycles. The van der Waals surface area contributed by atoms with Crippen molar-refractivity contribution in [3.63, 3.8) is 0 Å². The normalized spacial score (nSPS) is 18.9. The van der Waals surface area contributed by atoms with Gasteiger partial charge in [0.25, 0.3) is 11.6 Å². The summed E-state index contributed by atoms with van der Waals surface area (Å²) in [5, 5.41) is 11.3. The standard InChI is InChI=1S/C21H21NO8/c1-26-15-7-5-13-17(18(15)27-2)19(23)22(21(13,25)20(24)28-3)9-8-12-4-6-14-16(10-12)30-11-29-14/h4-7,10,25H,8-9,11H2,1-3H3. The molecule has 1 atom stereocenters. The summed E-state index contributed by atoms with van der Waals surface area (Å²) in [4.78, 5) is 26.9. The zero-order valence-corrected chi connectivity index (χ0v) is 16.8. The second-order valence-corrected chi connectivity index (χ2v) is 6.78. The summed E-state index contributed by atoms with van der Waals surface area (Å²) in [6.45, 7) is 0.201. The molecule has 0 saturated carbocycles. The van der Waals surface area contributed by atoms with Crippen molar-refractivity contribution in [3.8, 4) is 23.0 Å². The van der Waals surface area contributed by atoms with Crippen molar-refractivity contribution in [2.75, 3.05) is 34.7 Å². The van der Waals surface area contributed by atoms with Crippen LogP contribution in [-0.4, -0.2) is 56.6 Å². The third-order valence-corrected chi connectivity index (χ3v) is 5.30. The molecule has 9 heteroatoms. The Bertz CT molecular complexity index is 1020. The molecular formula is C21H21NO8. The lowest BCUT2D eigenvalue weighted by Crippen LogP contribution is -2.51. The molecule has 1 unspecified atom stereocenters. The number of methoxy groups -OCH3 is 3. The zero-order chi connectivity index (χ0) is 21.5. The van der Waals surface area contributed by atoms with Gasteiger partial charge in [-0.15, -0.1) is 0 Å². The van der Waals surface area contributed by atoms with Gasteiger partial charge < -0.3 is 28.8 Å². The fourth-order valence-corrected chi connectivity index (χ4v) is 3.82. The van der Waals surface area contributed by atoms with Gasteiger partial charge in [-0.2, -0.15) is 0 Å². The molecule has 30 heavy (non-hydrogen) atoms. The largest absolute Gasteiger partial charge is 0.493 e. The minimum absolute atomic E-state index is 0.0459. The number of carbonyl (C=O) groups excluding carboxylic acids is 2. The van der Waals surface area contributed by atoms with Crippen molar-refractivity contribution >= 4 is 11.9 Å². The maximum Gasteiger partial charge on any atom is 0.364 e. The molecule has 158 valence electrons. The summed E-state index contributed by atoms with van der Waals surface area (Å²) in [5.74, 6) is 0.189. The molecule has 2 heterocycles. The van der Waals surface area contributed by atoms with Gasteiger partial charge in [-0.25, -0.2) is 4.79 Å². The molecule has 0 radical (unpaired) electrons. The molecule has 0 aromatic heterocycles. The molecule has 0 spiro atoms. The Hall–Kier alpha value is -3.46. The summed E-state index contributed by atoms with van der Waals surface area (Å²) < 4.78 is 26.1. The molecule has 4 rings (SSSR count). The zero-order valence-electron chi connectivity index (χ0n) is 16.8. The molecule has 0 bridgehead atoms. The van der Waals surface area contributed by atoms with E-state index in [0.29, 0.717) is 23.7 Å². The molecule has 1 amide bonds. The van der Waals surface area contributed by atoms with Crippen LogP contribution in [0.3, 0.4) is 0 Å². The smallest absolute Gasteiger partial charge is 0.364 e. The fraction of sp³-hybridized carbons (Fsp3) is 0.333. The minimum Gasteiger partial charge on any atom is -0.493 e. The second-order valence-electron chi connectivity index (χ2n) is 6.78. The Morgan fingerprint density at radius 3 is 2.60 bits per heavy atom. The Morgan fingerprint density at radius 1 is 1.13 bits per heavy atom. The van der Waals surface area contributed by atoms with E-state index in [-0.39, 0.29) is 30.2 Å². The van der Waals surface area contributed by atoms with Crippen molar-refractivity contribution in [1.82, 2.24) is 4.90 Å². The van der Waals surface area contributed by atoms with E-state index in [1.807, 2.05) is 6.07 Å². The SMILES string of the molecule is COC(=O)C1(O)c2ccc(OC)c(OC)c2C(=O)N1CCc1ccc2c(c1)OCO2. The lowest BCUT2D eigenvalue weighted by Gasteiger charge is -2.31. The van der Waals surface area contributed by atoms with Crippen molar-refractivity contribution in [1.29, 1.82) is 0 Å².